The summed E-state index contributed by atoms with van der Waals surface area (Å²) in [4.78, 5) is 4.98. The largest absolute Gasteiger partial charge is 0.233 e. The first-order valence-corrected chi connectivity index (χ1v) is 8.60. The van der Waals surface area contributed by atoms with Crippen LogP contribution in [-0.2, 0) is 0 Å². The standard InChI is InChI=1S/C21H25N3/c1-14(2)18-10-8-11-19(15(3)4)21(18)22-16(5)24-13-17-9-6-7-12-20(17)23-24/h6-15H,1-5H3. The van der Waals surface area contributed by atoms with E-state index in [1.165, 1.54) is 11.1 Å². The molecule has 0 aliphatic heterocycles. The number of rotatable bonds is 3. The molecule has 0 N–H and O–H groups in total. The molecule has 2 aromatic carbocycles. The summed E-state index contributed by atoms with van der Waals surface area (Å²) in [7, 11) is 0. The Hall–Kier alpha value is -2.42. The first kappa shape index (κ1) is 16.4. The Kier molecular flexibility index (Phi) is 4.52. The van der Waals surface area contributed by atoms with E-state index in [1.54, 1.807) is 0 Å². The summed E-state index contributed by atoms with van der Waals surface area (Å²) in [5.74, 6) is 1.76. The van der Waals surface area contributed by atoms with Gasteiger partial charge in [0.1, 0.15) is 5.84 Å². The van der Waals surface area contributed by atoms with Crippen LogP contribution in [0.4, 0.5) is 5.69 Å². The molecule has 0 saturated heterocycles. The highest BCUT2D eigenvalue weighted by Crippen LogP contribution is 2.34. The molecular weight excluding hydrogens is 294 g/mol. The number of aromatic nitrogens is 2. The molecular formula is C21H25N3. The van der Waals surface area contributed by atoms with Gasteiger partial charge < -0.3 is 0 Å². The third kappa shape index (κ3) is 3.12. The lowest BCUT2D eigenvalue weighted by atomic mass is 9.93. The summed E-state index contributed by atoms with van der Waals surface area (Å²) >= 11 is 0. The number of aliphatic imine (C=N–C) groups is 1. The predicted molar refractivity (Wildman–Crippen MR) is 103 cm³/mol. The van der Waals surface area contributed by atoms with Crippen molar-refractivity contribution in [2.45, 2.75) is 46.5 Å². The van der Waals surface area contributed by atoms with Crippen LogP contribution in [0.25, 0.3) is 10.9 Å². The summed E-state index contributed by atoms with van der Waals surface area (Å²) in [5.41, 5.74) is 4.67. The fourth-order valence-electron chi connectivity index (χ4n) is 2.98. The normalized spacial score (nSPS) is 12.5. The lowest BCUT2D eigenvalue weighted by Gasteiger charge is -2.17. The molecule has 0 spiro atoms. The Morgan fingerprint density at radius 1 is 0.917 bits per heavy atom. The maximum absolute atomic E-state index is 4.98. The van der Waals surface area contributed by atoms with Crippen LogP contribution < -0.4 is 0 Å². The van der Waals surface area contributed by atoms with Gasteiger partial charge in [-0.05, 0) is 36.0 Å². The van der Waals surface area contributed by atoms with Crippen LogP contribution in [-0.4, -0.2) is 15.6 Å². The minimum Gasteiger partial charge on any atom is -0.233 e. The van der Waals surface area contributed by atoms with Crippen molar-refractivity contribution in [3.8, 4) is 0 Å². The van der Waals surface area contributed by atoms with Crippen molar-refractivity contribution in [1.82, 2.24) is 9.78 Å². The van der Waals surface area contributed by atoms with E-state index in [2.05, 4.69) is 57.1 Å². The van der Waals surface area contributed by atoms with Gasteiger partial charge in [-0.2, -0.15) is 5.10 Å². The molecule has 3 nitrogen and oxygen atoms in total. The SMILES string of the molecule is CC(=Nc1c(C(C)C)cccc1C(C)C)n1cc2ccccc2n1. The van der Waals surface area contributed by atoms with Crippen molar-refractivity contribution in [3.63, 3.8) is 0 Å². The van der Waals surface area contributed by atoms with E-state index in [4.69, 9.17) is 4.99 Å². The Bertz CT molecular complexity index is 826. The molecule has 0 bridgehead atoms. The highest BCUT2D eigenvalue weighted by atomic mass is 15.3. The minimum absolute atomic E-state index is 0.437. The number of nitrogens with zero attached hydrogens (tertiary/aromatic N) is 3. The molecule has 3 aromatic rings. The van der Waals surface area contributed by atoms with Crippen molar-refractivity contribution < 1.29 is 0 Å². The molecule has 3 heteroatoms. The average Bonchev–Trinajstić information content (AvgIpc) is 2.98. The number of hydrogen-bond donors (Lipinski definition) is 0. The summed E-state index contributed by atoms with van der Waals surface area (Å²) in [5, 5.41) is 5.78. The van der Waals surface area contributed by atoms with E-state index >= 15 is 0 Å². The zero-order chi connectivity index (χ0) is 17.3. The highest BCUT2D eigenvalue weighted by molar-refractivity contribution is 5.89. The van der Waals surface area contributed by atoms with E-state index in [0.29, 0.717) is 11.8 Å². The van der Waals surface area contributed by atoms with Crippen molar-refractivity contribution in [3.05, 3.63) is 59.8 Å². The van der Waals surface area contributed by atoms with Gasteiger partial charge in [0.25, 0.3) is 0 Å². The Morgan fingerprint density at radius 3 is 2.12 bits per heavy atom. The van der Waals surface area contributed by atoms with E-state index in [-0.39, 0.29) is 0 Å². The van der Waals surface area contributed by atoms with Crippen molar-refractivity contribution in [1.29, 1.82) is 0 Å². The molecule has 0 atom stereocenters. The van der Waals surface area contributed by atoms with Crippen LogP contribution in [0.1, 0.15) is 57.6 Å². The molecule has 1 aromatic heterocycles. The topological polar surface area (TPSA) is 30.2 Å². The van der Waals surface area contributed by atoms with Gasteiger partial charge in [-0.15, -0.1) is 0 Å². The van der Waals surface area contributed by atoms with Crippen molar-refractivity contribution >= 4 is 22.4 Å². The summed E-state index contributed by atoms with van der Waals surface area (Å²) in [6.07, 6.45) is 2.04. The van der Waals surface area contributed by atoms with Crippen LogP contribution in [0.15, 0.2) is 53.7 Å². The Morgan fingerprint density at radius 2 is 1.54 bits per heavy atom. The van der Waals surface area contributed by atoms with Crippen molar-refractivity contribution in [2.24, 2.45) is 4.99 Å². The van der Waals surface area contributed by atoms with E-state index in [0.717, 1.165) is 22.4 Å². The van der Waals surface area contributed by atoms with Gasteiger partial charge in [0, 0.05) is 11.6 Å². The maximum atomic E-state index is 4.98. The first-order chi connectivity index (χ1) is 11.5. The molecule has 24 heavy (non-hydrogen) atoms. The lowest BCUT2D eigenvalue weighted by Crippen LogP contribution is -2.08. The molecule has 0 radical (unpaired) electrons. The predicted octanol–water partition coefficient (Wildman–Crippen LogP) is 5.88. The van der Waals surface area contributed by atoms with Crippen LogP contribution in [0.2, 0.25) is 0 Å². The van der Waals surface area contributed by atoms with Gasteiger partial charge in [0.05, 0.1) is 11.2 Å². The number of para-hydroxylation sites is 1. The van der Waals surface area contributed by atoms with Gasteiger partial charge in [-0.25, -0.2) is 9.67 Å². The second kappa shape index (κ2) is 6.60. The van der Waals surface area contributed by atoms with Crippen molar-refractivity contribution in [2.75, 3.05) is 0 Å². The quantitative estimate of drug-likeness (QED) is 0.438. The minimum atomic E-state index is 0.437. The fraction of sp³-hybridized carbons (Fsp3) is 0.333. The highest BCUT2D eigenvalue weighted by Gasteiger charge is 2.14. The van der Waals surface area contributed by atoms with Crippen LogP contribution in [0.5, 0.6) is 0 Å². The van der Waals surface area contributed by atoms with Gasteiger partial charge >= 0.3 is 0 Å². The second-order valence-electron chi connectivity index (χ2n) is 6.89. The Labute approximate surface area is 144 Å². The van der Waals surface area contributed by atoms with Gasteiger partial charge in [-0.1, -0.05) is 64.1 Å². The molecule has 3 rings (SSSR count). The average molecular weight is 319 g/mol. The number of hydrogen-bond acceptors (Lipinski definition) is 2. The Balaban J connectivity index is 2.12. The second-order valence-corrected chi connectivity index (χ2v) is 6.89. The van der Waals surface area contributed by atoms with Gasteiger partial charge in [0.15, 0.2) is 0 Å². The summed E-state index contributed by atoms with van der Waals surface area (Å²) in [6, 6.07) is 14.7. The maximum Gasteiger partial charge on any atom is 0.127 e. The molecule has 124 valence electrons. The molecule has 0 amide bonds. The molecule has 0 aliphatic carbocycles. The third-order valence-corrected chi connectivity index (χ3v) is 4.36. The molecule has 0 unspecified atom stereocenters. The molecule has 1 heterocycles. The van der Waals surface area contributed by atoms with Gasteiger partial charge in [0.2, 0.25) is 0 Å². The zero-order valence-electron chi connectivity index (χ0n) is 15.1. The monoisotopic (exact) mass is 319 g/mol. The molecule has 0 aliphatic rings. The smallest absolute Gasteiger partial charge is 0.127 e. The van der Waals surface area contributed by atoms with Crippen LogP contribution in [0.3, 0.4) is 0 Å². The number of benzene rings is 2. The molecule has 0 saturated carbocycles. The lowest BCUT2D eigenvalue weighted by molar-refractivity contribution is 0.832. The van der Waals surface area contributed by atoms with E-state index < -0.39 is 0 Å². The number of fused-ring (bicyclic) bond motifs is 1. The fourth-order valence-corrected chi connectivity index (χ4v) is 2.98. The molecule has 0 fully saturated rings. The van der Waals surface area contributed by atoms with Gasteiger partial charge in [-0.3, -0.25) is 0 Å². The van der Waals surface area contributed by atoms with Crippen LogP contribution >= 0.6 is 0 Å². The van der Waals surface area contributed by atoms with E-state index in [1.807, 2.05) is 36.0 Å². The summed E-state index contributed by atoms with van der Waals surface area (Å²) in [6.45, 7) is 10.9. The van der Waals surface area contributed by atoms with E-state index in [9.17, 15) is 0 Å². The van der Waals surface area contributed by atoms with Crippen LogP contribution in [0, 0.1) is 0 Å². The third-order valence-electron chi connectivity index (χ3n) is 4.36. The summed E-state index contributed by atoms with van der Waals surface area (Å²) < 4.78 is 1.88. The zero-order valence-corrected chi connectivity index (χ0v) is 15.1. The first-order valence-electron chi connectivity index (χ1n) is 8.60.